The Morgan fingerprint density at radius 1 is 1.61 bits per heavy atom. The summed E-state index contributed by atoms with van der Waals surface area (Å²) in [6.45, 7) is 3.09. The van der Waals surface area contributed by atoms with Crippen LogP contribution in [0.15, 0.2) is 0 Å². The van der Waals surface area contributed by atoms with Crippen molar-refractivity contribution in [2.45, 2.75) is 24.5 Å². The minimum absolute atomic E-state index is 0.187. The van der Waals surface area contributed by atoms with Crippen LogP contribution in [0.25, 0.3) is 0 Å². The van der Waals surface area contributed by atoms with Gasteiger partial charge in [-0.15, -0.1) is 0 Å². The van der Waals surface area contributed by atoms with Crippen molar-refractivity contribution in [3.63, 3.8) is 0 Å². The molecule has 1 unspecified atom stereocenters. The molecule has 0 radical (unpaired) electrons. The van der Waals surface area contributed by atoms with E-state index in [1.807, 2.05) is 11.8 Å². The highest BCUT2D eigenvalue weighted by atomic mass is 32.2. The molecule has 2 rings (SSSR count). The number of anilines is 2. The van der Waals surface area contributed by atoms with Crippen LogP contribution in [-0.4, -0.2) is 34.4 Å². The number of nitrogens with zero attached hydrogens (tertiary/aromatic N) is 1. The number of carbonyl (C=O) groups excluding carboxylic acids is 1. The highest BCUT2D eigenvalue weighted by Gasteiger charge is 2.30. The van der Waals surface area contributed by atoms with Crippen molar-refractivity contribution in [3.8, 4) is 0 Å². The number of rotatable bonds is 4. The van der Waals surface area contributed by atoms with Gasteiger partial charge >= 0.3 is 0 Å². The molecular formula is C11H18N4OS2. The molecule has 1 saturated heterocycles. The van der Waals surface area contributed by atoms with Gasteiger partial charge in [-0.25, -0.2) is 0 Å². The van der Waals surface area contributed by atoms with Crippen LogP contribution in [0.5, 0.6) is 0 Å². The average Bonchev–Trinajstić information content (AvgIpc) is 2.93. The van der Waals surface area contributed by atoms with Gasteiger partial charge in [-0.1, -0.05) is 0 Å². The van der Waals surface area contributed by atoms with E-state index in [0.29, 0.717) is 11.4 Å². The number of hydrogen-bond donors (Lipinski definition) is 3. The van der Waals surface area contributed by atoms with Crippen LogP contribution in [-0.2, 0) is 0 Å². The molecule has 1 amide bonds. The van der Waals surface area contributed by atoms with Gasteiger partial charge in [-0.05, 0) is 37.1 Å². The standard InChI is InChI=1S/C11H18N4OS2/c1-11(4-3-5-17-11)6-14-10-7(9(16)13-2)8(12)15-18-10/h14H,3-6H2,1-2H3,(H2,12,15)(H,13,16). The molecule has 0 aliphatic carbocycles. The molecule has 0 bridgehead atoms. The fourth-order valence-corrected chi connectivity index (χ4v) is 3.96. The zero-order valence-electron chi connectivity index (χ0n) is 10.6. The Balaban J connectivity index is 2.07. The van der Waals surface area contributed by atoms with Gasteiger partial charge in [-0.2, -0.15) is 16.1 Å². The SMILES string of the molecule is CNC(=O)c1c(N)nsc1NCC1(C)CCCS1. The van der Waals surface area contributed by atoms with Gasteiger partial charge in [0.05, 0.1) is 0 Å². The number of nitrogens with two attached hydrogens (primary N) is 1. The summed E-state index contributed by atoms with van der Waals surface area (Å²) in [5, 5.41) is 6.68. The first-order chi connectivity index (χ1) is 8.56. The van der Waals surface area contributed by atoms with Gasteiger partial charge in [0.2, 0.25) is 0 Å². The van der Waals surface area contributed by atoms with Gasteiger partial charge in [0.15, 0.2) is 5.82 Å². The van der Waals surface area contributed by atoms with Crippen LogP contribution < -0.4 is 16.4 Å². The molecule has 7 heteroatoms. The summed E-state index contributed by atoms with van der Waals surface area (Å²) in [6.07, 6.45) is 2.46. The molecule has 1 aliphatic rings. The summed E-state index contributed by atoms with van der Waals surface area (Å²) in [5.74, 6) is 1.32. The van der Waals surface area contributed by atoms with E-state index >= 15 is 0 Å². The lowest BCUT2D eigenvalue weighted by molar-refractivity contribution is 0.0965. The number of carbonyl (C=O) groups is 1. The predicted octanol–water partition coefficient (Wildman–Crippen LogP) is 1.78. The predicted molar refractivity (Wildman–Crippen MR) is 78.5 cm³/mol. The lowest BCUT2D eigenvalue weighted by Crippen LogP contribution is -2.28. The third-order valence-electron chi connectivity index (χ3n) is 3.10. The van der Waals surface area contributed by atoms with Crippen LogP contribution in [0.4, 0.5) is 10.8 Å². The molecule has 2 heterocycles. The topological polar surface area (TPSA) is 80.0 Å². The molecule has 1 fully saturated rings. The Morgan fingerprint density at radius 3 is 3.00 bits per heavy atom. The molecule has 5 nitrogen and oxygen atoms in total. The van der Waals surface area contributed by atoms with Crippen molar-refractivity contribution in [1.82, 2.24) is 9.69 Å². The van der Waals surface area contributed by atoms with Crippen LogP contribution in [0, 0.1) is 0 Å². The smallest absolute Gasteiger partial charge is 0.257 e. The summed E-state index contributed by atoms with van der Waals surface area (Å²) in [5.41, 5.74) is 6.19. The van der Waals surface area contributed by atoms with Crippen LogP contribution in [0.1, 0.15) is 30.1 Å². The van der Waals surface area contributed by atoms with E-state index < -0.39 is 0 Å². The number of nitrogen functional groups attached to an aromatic ring is 1. The number of aromatic nitrogens is 1. The molecule has 18 heavy (non-hydrogen) atoms. The number of thioether (sulfide) groups is 1. The lowest BCUT2D eigenvalue weighted by atomic mass is 10.1. The first kappa shape index (κ1) is 13.5. The fourth-order valence-electron chi connectivity index (χ4n) is 2.01. The molecule has 1 aliphatic heterocycles. The Morgan fingerprint density at radius 2 is 2.39 bits per heavy atom. The maximum atomic E-state index is 11.7. The first-order valence-electron chi connectivity index (χ1n) is 5.91. The number of hydrogen-bond acceptors (Lipinski definition) is 6. The summed E-state index contributed by atoms with van der Waals surface area (Å²) in [4.78, 5) is 11.7. The zero-order valence-corrected chi connectivity index (χ0v) is 12.2. The molecule has 0 spiro atoms. The highest BCUT2D eigenvalue weighted by Crippen LogP contribution is 2.38. The lowest BCUT2D eigenvalue weighted by Gasteiger charge is -2.23. The molecule has 1 aromatic rings. The second-order valence-electron chi connectivity index (χ2n) is 4.61. The normalized spacial score (nSPS) is 23.0. The van der Waals surface area contributed by atoms with E-state index in [1.54, 1.807) is 7.05 Å². The van der Waals surface area contributed by atoms with Crippen molar-refractivity contribution in [1.29, 1.82) is 0 Å². The summed E-state index contributed by atoms with van der Waals surface area (Å²) in [6, 6.07) is 0. The summed E-state index contributed by atoms with van der Waals surface area (Å²) >= 11 is 3.23. The van der Waals surface area contributed by atoms with Crippen LogP contribution in [0.3, 0.4) is 0 Å². The second kappa shape index (κ2) is 5.36. The van der Waals surface area contributed by atoms with Gasteiger partial charge in [0.25, 0.3) is 5.91 Å². The minimum Gasteiger partial charge on any atom is -0.382 e. The second-order valence-corrected chi connectivity index (χ2v) is 7.06. The van der Waals surface area contributed by atoms with Gasteiger partial charge in [0, 0.05) is 18.3 Å². The maximum absolute atomic E-state index is 11.7. The summed E-state index contributed by atoms with van der Waals surface area (Å²) < 4.78 is 4.29. The van der Waals surface area contributed by atoms with Crippen molar-refractivity contribution in [2.75, 3.05) is 30.4 Å². The summed E-state index contributed by atoms with van der Waals surface area (Å²) in [7, 11) is 1.59. The van der Waals surface area contributed by atoms with Gasteiger partial charge < -0.3 is 16.4 Å². The number of amides is 1. The molecule has 0 saturated carbocycles. The Kier molecular flexibility index (Phi) is 4.01. The monoisotopic (exact) mass is 286 g/mol. The van der Waals surface area contributed by atoms with Crippen molar-refractivity contribution in [2.24, 2.45) is 0 Å². The van der Waals surface area contributed by atoms with Crippen molar-refractivity contribution in [3.05, 3.63) is 5.56 Å². The Hall–Kier alpha value is -0.950. The van der Waals surface area contributed by atoms with Crippen LogP contribution in [0.2, 0.25) is 0 Å². The highest BCUT2D eigenvalue weighted by molar-refractivity contribution is 8.00. The van der Waals surface area contributed by atoms with Gasteiger partial charge in [-0.3, -0.25) is 4.79 Å². The molecule has 4 N–H and O–H groups in total. The third kappa shape index (κ3) is 2.72. The van der Waals surface area contributed by atoms with E-state index in [9.17, 15) is 4.79 Å². The van der Waals surface area contributed by atoms with E-state index in [2.05, 4.69) is 21.9 Å². The molecular weight excluding hydrogens is 268 g/mol. The van der Waals surface area contributed by atoms with E-state index in [0.717, 1.165) is 11.5 Å². The molecule has 0 aromatic carbocycles. The first-order valence-corrected chi connectivity index (χ1v) is 7.67. The molecule has 100 valence electrons. The Bertz CT molecular complexity index is 440. The Labute approximate surface area is 115 Å². The third-order valence-corrected chi connectivity index (χ3v) is 5.45. The van der Waals surface area contributed by atoms with Crippen molar-refractivity contribution >= 4 is 40.0 Å². The minimum atomic E-state index is -0.187. The van der Waals surface area contributed by atoms with E-state index in [4.69, 9.17) is 5.73 Å². The van der Waals surface area contributed by atoms with E-state index in [1.165, 1.54) is 30.1 Å². The average molecular weight is 286 g/mol. The maximum Gasteiger partial charge on any atom is 0.257 e. The molecule has 1 aromatic heterocycles. The van der Waals surface area contributed by atoms with Crippen LogP contribution >= 0.6 is 23.3 Å². The molecule has 1 atom stereocenters. The van der Waals surface area contributed by atoms with Gasteiger partial charge in [0.1, 0.15) is 10.6 Å². The fraction of sp³-hybridized carbons (Fsp3) is 0.636. The number of nitrogens with one attached hydrogen (secondary N) is 2. The largest absolute Gasteiger partial charge is 0.382 e. The van der Waals surface area contributed by atoms with Crippen molar-refractivity contribution < 1.29 is 4.79 Å². The quantitative estimate of drug-likeness (QED) is 0.786. The zero-order chi connectivity index (χ0) is 13.2. The van der Waals surface area contributed by atoms with E-state index in [-0.39, 0.29) is 10.7 Å².